The van der Waals surface area contributed by atoms with Crippen molar-refractivity contribution in [2.45, 2.75) is 32.4 Å². The predicted octanol–water partition coefficient (Wildman–Crippen LogP) is 0.212. The summed E-state index contributed by atoms with van der Waals surface area (Å²) in [7, 11) is 1.61. The Morgan fingerprint density at radius 2 is 1.90 bits per heavy atom. The number of amides is 2. The highest BCUT2D eigenvalue weighted by atomic mass is 16.5. The van der Waals surface area contributed by atoms with E-state index >= 15 is 0 Å². The summed E-state index contributed by atoms with van der Waals surface area (Å²) in [5.41, 5.74) is 0. The number of urea groups is 1. The zero-order chi connectivity index (χ0) is 15.1. The van der Waals surface area contributed by atoms with Gasteiger partial charge in [0, 0.05) is 33.3 Å². The summed E-state index contributed by atoms with van der Waals surface area (Å²) in [6.45, 7) is 6.43. The Morgan fingerprint density at radius 3 is 2.35 bits per heavy atom. The first-order valence-electron chi connectivity index (χ1n) is 7.00. The highest BCUT2D eigenvalue weighted by Crippen LogP contribution is 2.07. The van der Waals surface area contributed by atoms with Gasteiger partial charge < -0.3 is 20.1 Å². The van der Waals surface area contributed by atoms with E-state index in [-0.39, 0.29) is 12.1 Å². The minimum Gasteiger partial charge on any atom is -0.480 e. The quantitative estimate of drug-likeness (QED) is 0.730. The maximum Gasteiger partial charge on any atom is 0.320 e. The van der Waals surface area contributed by atoms with Crippen molar-refractivity contribution >= 4 is 12.0 Å². The van der Waals surface area contributed by atoms with Gasteiger partial charge in [-0.1, -0.05) is 6.92 Å². The maximum absolute atomic E-state index is 12.1. The van der Waals surface area contributed by atoms with Crippen molar-refractivity contribution in [3.8, 4) is 0 Å². The van der Waals surface area contributed by atoms with Crippen LogP contribution in [0.2, 0.25) is 0 Å². The summed E-state index contributed by atoms with van der Waals surface area (Å²) in [5.74, 6) is -0.825. The second-order valence-electron chi connectivity index (χ2n) is 5.05. The molecular weight excluding hydrogens is 262 g/mol. The van der Waals surface area contributed by atoms with Crippen molar-refractivity contribution in [1.82, 2.24) is 15.1 Å². The standard InChI is InChI=1S/C13H25N3O4/c1-4-11(9-20-3)14-13(19)16-7-5-15(6-8-16)10(2)12(17)18/h10-11H,4-9H2,1-3H3,(H,14,19)(H,17,18). The lowest BCUT2D eigenvalue weighted by Crippen LogP contribution is -2.56. The predicted molar refractivity (Wildman–Crippen MR) is 74.7 cm³/mol. The number of ether oxygens (including phenoxy) is 1. The summed E-state index contributed by atoms with van der Waals surface area (Å²) in [4.78, 5) is 26.6. The van der Waals surface area contributed by atoms with Gasteiger partial charge in [-0.3, -0.25) is 9.69 Å². The fraction of sp³-hybridized carbons (Fsp3) is 0.846. The highest BCUT2D eigenvalue weighted by molar-refractivity contribution is 5.75. The second-order valence-corrected chi connectivity index (χ2v) is 5.05. The number of hydrogen-bond acceptors (Lipinski definition) is 4. The van der Waals surface area contributed by atoms with Gasteiger partial charge in [0.15, 0.2) is 0 Å². The van der Waals surface area contributed by atoms with E-state index in [9.17, 15) is 9.59 Å². The van der Waals surface area contributed by atoms with Crippen LogP contribution in [0.25, 0.3) is 0 Å². The molecule has 1 aliphatic heterocycles. The SMILES string of the molecule is CCC(COC)NC(=O)N1CCN(C(C)C(=O)O)CC1. The monoisotopic (exact) mass is 287 g/mol. The van der Waals surface area contributed by atoms with Crippen molar-refractivity contribution in [3.05, 3.63) is 0 Å². The van der Waals surface area contributed by atoms with Crippen molar-refractivity contribution in [2.75, 3.05) is 39.9 Å². The molecule has 116 valence electrons. The van der Waals surface area contributed by atoms with Crippen LogP contribution in [0.5, 0.6) is 0 Å². The van der Waals surface area contributed by atoms with Gasteiger partial charge in [-0.15, -0.1) is 0 Å². The van der Waals surface area contributed by atoms with E-state index in [1.165, 1.54) is 0 Å². The van der Waals surface area contributed by atoms with Gasteiger partial charge in [-0.25, -0.2) is 4.79 Å². The fourth-order valence-corrected chi connectivity index (χ4v) is 2.20. The average Bonchev–Trinajstić information content (AvgIpc) is 2.45. The zero-order valence-corrected chi connectivity index (χ0v) is 12.5. The molecule has 1 saturated heterocycles. The average molecular weight is 287 g/mol. The van der Waals surface area contributed by atoms with Crippen molar-refractivity contribution in [3.63, 3.8) is 0 Å². The van der Waals surface area contributed by atoms with Crippen LogP contribution in [0.1, 0.15) is 20.3 Å². The Hall–Kier alpha value is -1.34. The molecule has 0 saturated carbocycles. The lowest BCUT2D eigenvalue weighted by molar-refractivity contribution is -0.143. The topological polar surface area (TPSA) is 82.1 Å². The van der Waals surface area contributed by atoms with Crippen molar-refractivity contribution in [1.29, 1.82) is 0 Å². The van der Waals surface area contributed by atoms with Crippen LogP contribution in [0.3, 0.4) is 0 Å². The Balaban J connectivity index is 2.40. The number of piperazine rings is 1. The molecule has 0 aromatic rings. The van der Waals surface area contributed by atoms with E-state index in [0.717, 1.165) is 6.42 Å². The van der Waals surface area contributed by atoms with Gasteiger partial charge in [-0.05, 0) is 13.3 Å². The maximum atomic E-state index is 12.1. The smallest absolute Gasteiger partial charge is 0.320 e. The Morgan fingerprint density at radius 1 is 1.30 bits per heavy atom. The van der Waals surface area contributed by atoms with Crippen LogP contribution in [-0.4, -0.2) is 78.9 Å². The van der Waals surface area contributed by atoms with E-state index in [1.807, 2.05) is 11.8 Å². The minimum atomic E-state index is -0.825. The van der Waals surface area contributed by atoms with Crippen molar-refractivity contribution in [2.24, 2.45) is 0 Å². The number of carbonyl (C=O) groups is 2. The van der Waals surface area contributed by atoms with Crippen LogP contribution in [0, 0.1) is 0 Å². The van der Waals surface area contributed by atoms with E-state index in [1.54, 1.807) is 18.9 Å². The number of aliphatic carboxylic acids is 1. The summed E-state index contributed by atoms with van der Waals surface area (Å²) in [5, 5.41) is 11.9. The Kier molecular flexibility index (Phi) is 6.74. The molecule has 2 N–H and O–H groups in total. The molecule has 1 aliphatic rings. The van der Waals surface area contributed by atoms with Crippen molar-refractivity contribution < 1.29 is 19.4 Å². The molecule has 0 aromatic carbocycles. The lowest BCUT2D eigenvalue weighted by atomic mass is 10.2. The minimum absolute atomic E-state index is 0.0171. The zero-order valence-electron chi connectivity index (χ0n) is 12.5. The number of rotatable bonds is 6. The van der Waals surface area contributed by atoms with Crippen LogP contribution >= 0.6 is 0 Å². The molecule has 0 bridgehead atoms. The van der Waals surface area contributed by atoms with Crippen LogP contribution < -0.4 is 5.32 Å². The number of nitrogens with zero attached hydrogens (tertiary/aromatic N) is 2. The summed E-state index contributed by atoms with van der Waals surface area (Å²) >= 11 is 0. The number of methoxy groups -OCH3 is 1. The van der Waals surface area contributed by atoms with Gasteiger partial charge in [-0.2, -0.15) is 0 Å². The third-order valence-electron chi connectivity index (χ3n) is 3.69. The van der Waals surface area contributed by atoms with Gasteiger partial charge in [0.1, 0.15) is 6.04 Å². The summed E-state index contributed by atoms with van der Waals surface area (Å²) in [6.07, 6.45) is 0.815. The van der Waals surface area contributed by atoms with Crippen LogP contribution in [0.4, 0.5) is 4.79 Å². The molecule has 1 fully saturated rings. The van der Waals surface area contributed by atoms with E-state index in [4.69, 9.17) is 9.84 Å². The van der Waals surface area contributed by atoms with Crippen LogP contribution in [-0.2, 0) is 9.53 Å². The molecule has 1 rings (SSSR count). The molecule has 7 nitrogen and oxygen atoms in total. The van der Waals surface area contributed by atoms with E-state index in [2.05, 4.69) is 5.32 Å². The van der Waals surface area contributed by atoms with E-state index in [0.29, 0.717) is 32.8 Å². The molecule has 0 aliphatic carbocycles. The van der Waals surface area contributed by atoms with Gasteiger partial charge in [0.05, 0.1) is 12.6 Å². The molecule has 2 unspecified atom stereocenters. The normalized spacial score (nSPS) is 19.4. The largest absolute Gasteiger partial charge is 0.480 e. The molecule has 2 atom stereocenters. The number of carbonyl (C=O) groups excluding carboxylic acids is 1. The van der Waals surface area contributed by atoms with E-state index < -0.39 is 12.0 Å². The summed E-state index contributed by atoms with van der Waals surface area (Å²) in [6, 6.07) is -0.586. The number of carboxylic acid groups (broad SMARTS) is 1. The molecular formula is C13H25N3O4. The Labute approximate surface area is 119 Å². The number of nitrogens with one attached hydrogen (secondary N) is 1. The lowest BCUT2D eigenvalue weighted by Gasteiger charge is -2.37. The number of carboxylic acids is 1. The molecule has 7 heteroatoms. The third kappa shape index (κ3) is 4.64. The molecule has 0 aromatic heterocycles. The van der Waals surface area contributed by atoms with Crippen LogP contribution in [0.15, 0.2) is 0 Å². The molecule has 0 spiro atoms. The first-order valence-corrected chi connectivity index (χ1v) is 7.00. The Bertz CT molecular complexity index is 330. The van der Waals surface area contributed by atoms with Gasteiger partial charge in [0.2, 0.25) is 0 Å². The van der Waals surface area contributed by atoms with Gasteiger partial charge >= 0.3 is 12.0 Å². The molecule has 20 heavy (non-hydrogen) atoms. The highest BCUT2D eigenvalue weighted by Gasteiger charge is 2.27. The third-order valence-corrected chi connectivity index (χ3v) is 3.69. The first-order chi connectivity index (χ1) is 9.49. The summed E-state index contributed by atoms with van der Waals surface area (Å²) < 4.78 is 5.05. The second kappa shape index (κ2) is 8.06. The first kappa shape index (κ1) is 16.7. The molecule has 1 heterocycles. The van der Waals surface area contributed by atoms with Gasteiger partial charge in [0.25, 0.3) is 0 Å². The molecule has 2 amide bonds. The molecule has 0 radical (unpaired) electrons. The number of hydrogen-bond donors (Lipinski definition) is 2. The fourth-order valence-electron chi connectivity index (χ4n) is 2.20.